The molecule has 0 aromatic heterocycles. The van der Waals surface area contributed by atoms with Crippen LogP contribution in [0.4, 0.5) is 0 Å². The standard InChI is InChI=1S/C17H23NOS/c1-20-13-7-10-16(14-19)18-12-6-5-11-17(18)15-8-3-2-4-9-15/h2-4,8-9,17H,5-7,10-13H2,1H3/t17-/m0/s1. The molecule has 0 radical (unpaired) electrons. The molecule has 1 heterocycles. The van der Waals surface area contributed by atoms with Crippen molar-refractivity contribution in [1.82, 2.24) is 4.90 Å². The number of carbonyl (C=O) groups excluding carboxylic acids is 1. The molecule has 1 atom stereocenters. The summed E-state index contributed by atoms with van der Waals surface area (Å²) >= 11 is 1.84. The van der Waals surface area contributed by atoms with Crippen LogP contribution in [-0.4, -0.2) is 29.4 Å². The molecular formula is C17H23NOS. The van der Waals surface area contributed by atoms with E-state index in [9.17, 15) is 4.79 Å². The van der Waals surface area contributed by atoms with E-state index in [4.69, 9.17) is 0 Å². The van der Waals surface area contributed by atoms with E-state index in [0.717, 1.165) is 37.3 Å². The highest BCUT2D eigenvalue weighted by Crippen LogP contribution is 2.34. The van der Waals surface area contributed by atoms with Crippen LogP contribution in [0.5, 0.6) is 0 Å². The number of piperidine rings is 1. The lowest BCUT2D eigenvalue weighted by Crippen LogP contribution is -2.33. The molecule has 0 spiro atoms. The van der Waals surface area contributed by atoms with Crippen molar-refractivity contribution < 1.29 is 4.79 Å². The predicted molar refractivity (Wildman–Crippen MR) is 86.6 cm³/mol. The quantitative estimate of drug-likeness (QED) is 0.581. The molecule has 1 aliphatic rings. The highest BCUT2D eigenvalue weighted by atomic mass is 32.2. The molecule has 2 rings (SSSR count). The Morgan fingerprint density at radius 2 is 2.15 bits per heavy atom. The summed E-state index contributed by atoms with van der Waals surface area (Å²) in [7, 11) is 0. The van der Waals surface area contributed by atoms with Crippen molar-refractivity contribution in [2.75, 3.05) is 18.6 Å². The van der Waals surface area contributed by atoms with Gasteiger partial charge < -0.3 is 4.90 Å². The first kappa shape index (κ1) is 15.2. The highest BCUT2D eigenvalue weighted by molar-refractivity contribution is 7.98. The Balaban J connectivity index is 2.11. The molecule has 1 fully saturated rings. The summed E-state index contributed by atoms with van der Waals surface area (Å²) in [4.78, 5) is 13.7. The Bertz CT molecular complexity index is 453. The van der Waals surface area contributed by atoms with E-state index < -0.39 is 0 Å². The number of nitrogens with zero attached hydrogens (tertiary/aromatic N) is 1. The summed E-state index contributed by atoms with van der Waals surface area (Å²) in [5.41, 5.74) is 2.19. The number of thioether (sulfide) groups is 1. The van der Waals surface area contributed by atoms with Crippen molar-refractivity contribution in [2.24, 2.45) is 0 Å². The van der Waals surface area contributed by atoms with Crippen LogP contribution in [0.3, 0.4) is 0 Å². The van der Waals surface area contributed by atoms with Gasteiger partial charge in [0.2, 0.25) is 0 Å². The van der Waals surface area contributed by atoms with E-state index in [1.807, 2.05) is 17.8 Å². The predicted octanol–water partition coefficient (Wildman–Crippen LogP) is 4.07. The van der Waals surface area contributed by atoms with Crippen molar-refractivity contribution in [3.8, 4) is 0 Å². The van der Waals surface area contributed by atoms with E-state index in [2.05, 4.69) is 41.4 Å². The number of hydrogen-bond donors (Lipinski definition) is 0. The second-order valence-corrected chi connectivity index (χ2v) is 6.25. The van der Waals surface area contributed by atoms with Crippen molar-refractivity contribution in [3.05, 3.63) is 41.6 Å². The number of allylic oxidation sites excluding steroid dienone is 1. The molecule has 2 nitrogen and oxygen atoms in total. The number of benzene rings is 1. The Hall–Kier alpha value is -1.18. The molecule has 0 amide bonds. The van der Waals surface area contributed by atoms with E-state index in [1.54, 1.807) is 0 Å². The maximum Gasteiger partial charge on any atom is 0.145 e. The fourth-order valence-electron chi connectivity index (χ4n) is 2.91. The van der Waals surface area contributed by atoms with Crippen molar-refractivity contribution >= 4 is 17.7 Å². The van der Waals surface area contributed by atoms with E-state index in [1.165, 1.54) is 18.4 Å². The second-order valence-electron chi connectivity index (χ2n) is 5.26. The van der Waals surface area contributed by atoms with Gasteiger partial charge in [-0.3, -0.25) is 0 Å². The zero-order chi connectivity index (χ0) is 14.2. The maximum absolute atomic E-state index is 11.4. The van der Waals surface area contributed by atoms with E-state index in [0.29, 0.717) is 6.04 Å². The minimum Gasteiger partial charge on any atom is -0.359 e. The van der Waals surface area contributed by atoms with Gasteiger partial charge in [-0.15, -0.1) is 0 Å². The first-order valence-corrected chi connectivity index (χ1v) is 8.80. The van der Waals surface area contributed by atoms with E-state index >= 15 is 0 Å². The molecule has 1 saturated heterocycles. The molecular weight excluding hydrogens is 266 g/mol. The van der Waals surface area contributed by atoms with Gasteiger partial charge >= 0.3 is 0 Å². The highest BCUT2D eigenvalue weighted by Gasteiger charge is 2.25. The lowest BCUT2D eigenvalue weighted by molar-refractivity contribution is 0.191. The molecule has 0 N–H and O–H groups in total. The molecule has 1 aromatic carbocycles. The maximum atomic E-state index is 11.4. The normalized spacial score (nSPS) is 18.6. The number of likely N-dealkylation sites (tertiary alicyclic amines) is 1. The number of rotatable bonds is 6. The zero-order valence-electron chi connectivity index (χ0n) is 12.2. The van der Waals surface area contributed by atoms with Gasteiger partial charge in [-0.05, 0) is 49.7 Å². The van der Waals surface area contributed by atoms with Crippen LogP contribution in [-0.2, 0) is 4.79 Å². The van der Waals surface area contributed by atoms with Gasteiger partial charge in [0, 0.05) is 6.54 Å². The molecule has 1 aliphatic heterocycles. The summed E-state index contributed by atoms with van der Waals surface area (Å²) in [6.45, 7) is 0.989. The van der Waals surface area contributed by atoms with Gasteiger partial charge in [-0.25, -0.2) is 4.79 Å². The lowest BCUT2D eigenvalue weighted by Gasteiger charge is -2.38. The fourth-order valence-corrected chi connectivity index (χ4v) is 3.35. The van der Waals surface area contributed by atoms with Gasteiger partial charge in [0.05, 0.1) is 11.7 Å². The lowest BCUT2D eigenvalue weighted by atomic mass is 9.94. The Morgan fingerprint density at radius 3 is 2.85 bits per heavy atom. The topological polar surface area (TPSA) is 20.3 Å². The molecule has 0 aliphatic carbocycles. The molecule has 108 valence electrons. The summed E-state index contributed by atoms with van der Waals surface area (Å²) < 4.78 is 0. The Kier molecular flexibility index (Phi) is 6.23. The van der Waals surface area contributed by atoms with Gasteiger partial charge in [-0.2, -0.15) is 11.8 Å². The average Bonchev–Trinajstić information content (AvgIpc) is 2.53. The van der Waals surface area contributed by atoms with Crippen LogP contribution in [0.2, 0.25) is 0 Å². The van der Waals surface area contributed by atoms with Crippen LogP contribution in [0.1, 0.15) is 43.7 Å². The largest absolute Gasteiger partial charge is 0.359 e. The summed E-state index contributed by atoms with van der Waals surface area (Å²) in [6, 6.07) is 10.9. The Labute approximate surface area is 126 Å². The zero-order valence-corrected chi connectivity index (χ0v) is 13.0. The first-order chi connectivity index (χ1) is 9.86. The summed E-state index contributed by atoms with van der Waals surface area (Å²) in [6.07, 6.45) is 7.58. The summed E-state index contributed by atoms with van der Waals surface area (Å²) in [5.74, 6) is 3.32. The number of hydrogen-bond acceptors (Lipinski definition) is 3. The third-order valence-electron chi connectivity index (χ3n) is 3.91. The van der Waals surface area contributed by atoms with Gasteiger partial charge in [0.15, 0.2) is 0 Å². The third-order valence-corrected chi connectivity index (χ3v) is 4.61. The molecule has 20 heavy (non-hydrogen) atoms. The third kappa shape index (κ3) is 3.91. The van der Waals surface area contributed by atoms with Crippen LogP contribution in [0.25, 0.3) is 0 Å². The minimum atomic E-state index is 0.357. The smallest absolute Gasteiger partial charge is 0.145 e. The van der Waals surface area contributed by atoms with Crippen LogP contribution in [0.15, 0.2) is 36.0 Å². The fraction of sp³-hybridized carbons (Fsp3) is 0.529. The monoisotopic (exact) mass is 289 g/mol. The molecule has 3 heteroatoms. The SMILES string of the molecule is CSCCCC(=C=O)N1CCCC[C@H]1c1ccccc1. The van der Waals surface area contributed by atoms with Crippen LogP contribution in [0, 0.1) is 0 Å². The molecule has 0 unspecified atom stereocenters. The van der Waals surface area contributed by atoms with Gasteiger partial charge in [0.25, 0.3) is 0 Å². The van der Waals surface area contributed by atoms with E-state index in [-0.39, 0.29) is 0 Å². The molecule has 1 aromatic rings. The molecule has 0 saturated carbocycles. The molecule has 0 bridgehead atoms. The summed E-state index contributed by atoms with van der Waals surface area (Å²) in [5, 5.41) is 0. The van der Waals surface area contributed by atoms with Crippen molar-refractivity contribution in [2.45, 2.75) is 38.1 Å². The Morgan fingerprint density at radius 1 is 1.35 bits per heavy atom. The van der Waals surface area contributed by atoms with Crippen LogP contribution >= 0.6 is 11.8 Å². The average molecular weight is 289 g/mol. The van der Waals surface area contributed by atoms with Crippen molar-refractivity contribution in [1.29, 1.82) is 0 Å². The van der Waals surface area contributed by atoms with Gasteiger partial charge in [0.1, 0.15) is 5.94 Å². The van der Waals surface area contributed by atoms with Crippen LogP contribution < -0.4 is 0 Å². The van der Waals surface area contributed by atoms with Gasteiger partial charge in [-0.1, -0.05) is 30.3 Å². The minimum absolute atomic E-state index is 0.357. The second kappa shape index (κ2) is 8.18. The first-order valence-electron chi connectivity index (χ1n) is 7.41. The van der Waals surface area contributed by atoms with Crippen molar-refractivity contribution in [3.63, 3.8) is 0 Å².